The minimum absolute atomic E-state index is 0. The molecule has 3 heterocycles. The number of likely N-dealkylation sites (tertiary alicyclic amines) is 1. The SMILES string of the molecule is Cl.Cl.NCCc1nc(C(=O)N2CCC(c3nc4cc(Cl)ccc4o3)CC2)cs1. The van der Waals surface area contributed by atoms with Gasteiger partial charge in [-0.2, -0.15) is 0 Å². The van der Waals surface area contributed by atoms with Gasteiger partial charge >= 0.3 is 0 Å². The number of nitrogens with zero attached hydrogens (tertiary/aromatic N) is 3. The van der Waals surface area contributed by atoms with Crippen LogP contribution in [0.3, 0.4) is 0 Å². The molecule has 0 bridgehead atoms. The van der Waals surface area contributed by atoms with E-state index in [9.17, 15) is 4.79 Å². The molecule has 0 radical (unpaired) electrons. The molecule has 0 aliphatic carbocycles. The highest BCUT2D eigenvalue weighted by atomic mass is 35.5. The largest absolute Gasteiger partial charge is 0.440 e. The highest BCUT2D eigenvalue weighted by molar-refractivity contribution is 7.09. The van der Waals surface area contributed by atoms with Crippen molar-refractivity contribution < 1.29 is 9.21 Å². The predicted octanol–water partition coefficient (Wildman–Crippen LogP) is 4.30. The van der Waals surface area contributed by atoms with E-state index in [-0.39, 0.29) is 36.6 Å². The summed E-state index contributed by atoms with van der Waals surface area (Å²) in [6.45, 7) is 1.89. The number of hydrogen-bond donors (Lipinski definition) is 1. The maximum atomic E-state index is 12.6. The Kier molecular flexibility index (Phi) is 8.09. The fraction of sp³-hybridized carbons (Fsp3) is 0.389. The molecule has 1 aromatic carbocycles. The number of amides is 1. The van der Waals surface area contributed by atoms with Gasteiger partial charge in [0.05, 0.1) is 5.01 Å². The Labute approximate surface area is 184 Å². The molecule has 10 heteroatoms. The minimum atomic E-state index is -0.00711. The van der Waals surface area contributed by atoms with Crippen molar-refractivity contribution >= 4 is 64.8 Å². The quantitative estimate of drug-likeness (QED) is 0.623. The van der Waals surface area contributed by atoms with Gasteiger partial charge in [0.15, 0.2) is 11.5 Å². The number of carbonyl (C=O) groups excluding carboxylic acids is 1. The van der Waals surface area contributed by atoms with E-state index in [1.807, 2.05) is 22.4 Å². The third-order valence-corrected chi connectivity index (χ3v) is 5.77. The third kappa shape index (κ3) is 4.78. The van der Waals surface area contributed by atoms with Gasteiger partial charge in [-0.1, -0.05) is 11.6 Å². The van der Waals surface area contributed by atoms with Crippen molar-refractivity contribution in [2.75, 3.05) is 19.6 Å². The van der Waals surface area contributed by atoms with E-state index in [0.29, 0.717) is 36.8 Å². The molecule has 152 valence electrons. The summed E-state index contributed by atoms with van der Waals surface area (Å²) in [5.74, 6) is 0.939. The van der Waals surface area contributed by atoms with Crippen LogP contribution >= 0.6 is 47.8 Å². The average molecular weight is 464 g/mol. The number of fused-ring (bicyclic) bond motifs is 1. The van der Waals surface area contributed by atoms with Crippen LogP contribution in [0.5, 0.6) is 0 Å². The predicted molar refractivity (Wildman–Crippen MR) is 116 cm³/mol. The lowest BCUT2D eigenvalue weighted by atomic mass is 9.96. The van der Waals surface area contributed by atoms with E-state index in [2.05, 4.69) is 9.97 Å². The first-order valence-corrected chi connectivity index (χ1v) is 9.89. The van der Waals surface area contributed by atoms with E-state index in [1.54, 1.807) is 6.07 Å². The number of nitrogens with two attached hydrogens (primary N) is 1. The highest BCUT2D eigenvalue weighted by Gasteiger charge is 2.28. The molecule has 1 saturated heterocycles. The van der Waals surface area contributed by atoms with Crippen LogP contribution in [0.4, 0.5) is 0 Å². The Morgan fingerprint density at radius 1 is 1.29 bits per heavy atom. The molecule has 2 N–H and O–H groups in total. The number of piperidine rings is 1. The molecule has 0 atom stereocenters. The van der Waals surface area contributed by atoms with Crippen LogP contribution in [0.1, 0.15) is 40.1 Å². The maximum Gasteiger partial charge on any atom is 0.273 e. The average Bonchev–Trinajstić information content (AvgIpc) is 3.28. The van der Waals surface area contributed by atoms with Crippen LogP contribution < -0.4 is 5.73 Å². The van der Waals surface area contributed by atoms with Gasteiger partial charge < -0.3 is 15.1 Å². The number of benzene rings is 1. The van der Waals surface area contributed by atoms with E-state index in [0.717, 1.165) is 34.8 Å². The van der Waals surface area contributed by atoms with Crippen LogP contribution in [0.2, 0.25) is 5.02 Å². The normalized spacial score (nSPS) is 14.6. The molecule has 0 unspecified atom stereocenters. The summed E-state index contributed by atoms with van der Waals surface area (Å²) in [6, 6.07) is 5.45. The second-order valence-corrected chi connectivity index (χ2v) is 7.77. The zero-order chi connectivity index (χ0) is 18.1. The number of aromatic nitrogens is 2. The standard InChI is InChI=1S/C18H19ClN4O2S.2ClH/c19-12-1-2-15-13(9-12)22-17(25-15)11-4-7-23(8-5-11)18(24)14-10-26-16(21-14)3-6-20;;/h1-2,9-11H,3-8,20H2;2*1H. The van der Waals surface area contributed by atoms with Crippen molar-refractivity contribution in [1.82, 2.24) is 14.9 Å². The Bertz CT molecular complexity index is 938. The van der Waals surface area contributed by atoms with E-state index in [1.165, 1.54) is 11.3 Å². The smallest absolute Gasteiger partial charge is 0.273 e. The summed E-state index contributed by atoms with van der Waals surface area (Å²) in [5, 5.41) is 3.38. The van der Waals surface area contributed by atoms with Gasteiger partial charge in [0, 0.05) is 35.8 Å². The maximum absolute atomic E-state index is 12.6. The van der Waals surface area contributed by atoms with Crippen LogP contribution in [0.25, 0.3) is 11.1 Å². The molecule has 1 fully saturated rings. The van der Waals surface area contributed by atoms with Gasteiger partial charge in [0.2, 0.25) is 0 Å². The summed E-state index contributed by atoms with van der Waals surface area (Å²) in [4.78, 5) is 23.4. The molecule has 1 amide bonds. The second-order valence-electron chi connectivity index (χ2n) is 6.40. The topological polar surface area (TPSA) is 85.2 Å². The van der Waals surface area contributed by atoms with E-state index < -0.39 is 0 Å². The summed E-state index contributed by atoms with van der Waals surface area (Å²) >= 11 is 7.50. The van der Waals surface area contributed by atoms with Crippen molar-refractivity contribution in [2.45, 2.75) is 25.2 Å². The Morgan fingerprint density at radius 2 is 2.04 bits per heavy atom. The van der Waals surface area contributed by atoms with Gasteiger partial charge in [-0.25, -0.2) is 9.97 Å². The lowest BCUT2D eigenvalue weighted by molar-refractivity contribution is 0.0701. The van der Waals surface area contributed by atoms with Crippen molar-refractivity contribution in [2.24, 2.45) is 5.73 Å². The summed E-state index contributed by atoms with van der Waals surface area (Å²) in [6.07, 6.45) is 2.36. The van der Waals surface area contributed by atoms with Gasteiger partial charge in [-0.15, -0.1) is 36.2 Å². The molecule has 0 spiro atoms. The van der Waals surface area contributed by atoms with Gasteiger partial charge in [0.1, 0.15) is 11.2 Å². The van der Waals surface area contributed by atoms with Gasteiger partial charge in [-0.05, 0) is 37.6 Å². The Hall–Kier alpha value is -1.38. The number of thiazole rings is 1. The van der Waals surface area contributed by atoms with Crippen molar-refractivity contribution in [3.63, 3.8) is 0 Å². The van der Waals surface area contributed by atoms with Crippen LogP contribution in [-0.4, -0.2) is 40.4 Å². The summed E-state index contributed by atoms with van der Waals surface area (Å²) in [7, 11) is 0. The first-order chi connectivity index (χ1) is 12.6. The minimum Gasteiger partial charge on any atom is -0.440 e. The van der Waals surface area contributed by atoms with Crippen LogP contribution in [0, 0.1) is 0 Å². The molecule has 4 rings (SSSR count). The fourth-order valence-corrected chi connectivity index (χ4v) is 4.19. The molecule has 6 nitrogen and oxygen atoms in total. The zero-order valence-corrected chi connectivity index (χ0v) is 18.2. The van der Waals surface area contributed by atoms with Crippen LogP contribution in [-0.2, 0) is 6.42 Å². The Morgan fingerprint density at radius 3 is 2.75 bits per heavy atom. The second kappa shape index (κ2) is 9.89. The van der Waals surface area contributed by atoms with Crippen molar-refractivity contribution in [1.29, 1.82) is 0 Å². The van der Waals surface area contributed by atoms with Crippen molar-refractivity contribution in [3.05, 3.63) is 45.2 Å². The van der Waals surface area contributed by atoms with Gasteiger partial charge in [0.25, 0.3) is 5.91 Å². The van der Waals surface area contributed by atoms with Crippen LogP contribution in [0.15, 0.2) is 28.0 Å². The number of oxazole rings is 1. The highest BCUT2D eigenvalue weighted by Crippen LogP contribution is 2.31. The van der Waals surface area contributed by atoms with Gasteiger partial charge in [-0.3, -0.25) is 4.79 Å². The zero-order valence-electron chi connectivity index (χ0n) is 15.0. The molecular formula is C18H21Cl3N4O2S. The Balaban J connectivity index is 0.00000140. The number of halogens is 3. The molecule has 28 heavy (non-hydrogen) atoms. The molecule has 2 aromatic heterocycles. The molecule has 3 aromatic rings. The monoisotopic (exact) mass is 462 g/mol. The summed E-state index contributed by atoms with van der Waals surface area (Å²) in [5.41, 5.74) is 7.59. The first-order valence-electron chi connectivity index (χ1n) is 8.64. The molecular weight excluding hydrogens is 443 g/mol. The molecule has 1 aliphatic rings. The molecule has 0 saturated carbocycles. The first kappa shape index (κ1) is 22.9. The third-order valence-electron chi connectivity index (χ3n) is 4.63. The van der Waals surface area contributed by atoms with E-state index >= 15 is 0 Å². The lowest BCUT2D eigenvalue weighted by Gasteiger charge is -2.30. The van der Waals surface area contributed by atoms with Crippen molar-refractivity contribution in [3.8, 4) is 0 Å². The summed E-state index contributed by atoms with van der Waals surface area (Å²) < 4.78 is 5.88. The van der Waals surface area contributed by atoms with E-state index in [4.69, 9.17) is 21.8 Å². The number of hydrogen-bond acceptors (Lipinski definition) is 6. The number of rotatable bonds is 4. The fourth-order valence-electron chi connectivity index (χ4n) is 3.23. The number of carbonyl (C=O) groups is 1. The lowest BCUT2D eigenvalue weighted by Crippen LogP contribution is -2.38. The molecule has 1 aliphatic heterocycles.